The fourth-order valence-corrected chi connectivity index (χ4v) is 2.34. The number of hydrogen-bond donors (Lipinski definition) is 3. The number of aliphatic hydroxyl groups is 1. The molecule has 2 unspecified atom stereocenters. The Morgan fingerprint density at radius 2 is 2.28 bits per heavy atom. The number of aliphatic hydroxyl groups excluding tert-OH is 1. The van der Waals surface area contributed by atoms with Crippen molar-refractivity contribution in [2.75, 3.05) is 17.6 Å². The fourth-order valence-electron chi connectivity index (χ4n) is 2.34. The van der Waals surface area contributed by atoms with Crippen molar-refractivity contribution in [1.82, 2.24) is 4.98 Å². The van der Waals surface area contributed by atoms with E-state index in [0.717, 1.165) is 19.3 Å². The number of nitrogens with zero attached hydrogens (tertiary/aromatic N) is 2. The molecule has 1 aromatic heterocycles. The summed E-state index contributed by atoms with van der Waals surface area (Å²) < 4.78 is 0. The lowest BCUT2D eigenvalue weighted by atomic mass is 9.86. The maximum absolute atomic E-state index is 9.86. The van der Waals surface area contributed by atoms with Gasteiger partial charge in [-0.2, -0.15) is 5.26 Å². The summed E-state index contributed by atoms with van der Waals surface area (Å²) in [5.74, 6) is 0.849. The minimum atomic E-state index is -0.231. The molecule has 1 heterocycles. The Morgan fingerprint density at radius 1 is 1.50 bits per heavy atom. The quantitative estimate of drug-likeness (QED) is 0.751. The minimum Gasteiger partial charge on any atom is -0.396 e. The minimum absolute atomic E-state index is 0.231. The van der Waals surface area contributed by atoms with E-state index >= 15 is 0 Å². The van der Waals surface area contributed by atoms with Crippen LogP contribution in [0.15, 0.2) is 12.3 Å². The second kappa shape index (κ2) is 5.69. The summed E-state index contributed by atoms with van der Waals surface area (Å²) >= 11 is 0. The summed E-state index contributed by atoms with van der Waals surface area (Å²) in [5, 5.41) is 21.7. The van der Waals surface area contributed by atoms with E-state index in [0.29, 0.717) is 23.6 Å². The van der Waals surface area contributed by atoms with E-state index in [2.05, 4.69) is 10.3 Å². The largest absolute Gasteiger partial charge is 0.396 e. The van der Waals surface area contributed by atoms with Crippen molar-refractivity contribution < 1.29 is 5.11 Å². The highest BCUT2D eigenvalue weighted by Crippen LogP contribution is 2.25. The van der Waals surface area contributed by atoms with Crippen LogP contribution in [0.2, 0.25) is 0 Å². The number of nitriles is 1. The molecule has 5 heteroatoms. The molecule has 2 atom stereocenters. The van der Waals surface area contributed by atoms with E-state index < -0.39 is 0 Å². The van der Waals surface area contributed by atoms with Crippen LogP contribution >= 0.6 is 0 Å². The van der Waals surface area contributed by atoms with Gasteiger partial charge in [-0.3, -0.25) is 0 Å². The molecular formula is C13H18N4O. The summed E-state index contributed by atoms with van der Waals surface area (Å²) in [6, 6.07) is 3.60. The number of anilines is 2. The number of aromatic nitrogens is 1. The van der Waals surface area contributed by atoms with Crippen LogP contribution in [0.3, 0.4) is 0 Å². The van der Waals surface area contributed by atoms with Crippen molar-refractivity contribution in [3.63, 3.8) is 0 Å². The molecule has 0 aliphatic heterocycles. The van der Waals surface area contributed by atoms with E-state index in [4.69, 9.17) is 11.0 Å². The maximum Gasteiger partial charge on any atom is 0.149 e. The predicted molar refractivity (Wildman–Crippen MR) is 69.8 cm³/mol. The van der Waals surface area contributed by atoms with Crippen LogP contribution in [0, 0.1) is 17.2 Å². The van der Waals surface area contributed by atoms with Crippen molar-refractivity contribution in [3.8, 4) is 6.07 Å². The van der Waals surface area contributed by atoms with Gasteiger partial charge in [0.1, 0.15) is 11.9 Å². The van der Waals surface area contributed by atoms with Gasteiger partial charge in [0.15, 0.2) is 0 Å². The second-order valence-electron chi connectivity index (χ2n) is 4.77. The lowest BCUT2D eigenvalue weighted by Crippen LogP contribution is -2.30. The number of hydrogen-bond acceptors (Lipinski definition) is 5. The van der Waals surface area contributed by atoms with Crippen LogP contribution in [0.25, 0.3) is 0 Å². The van der Waals surface area contributed by atoms with E-state index in [1.165, 1.54) is 12.6 Å². The van der Waals surface area contributed by atoms with Crippen LogP contribution in [0.5, 0.6) is 0 Å². The van der Waals surface area contributed by atoms with E-state index in [1.54, 1.807) is 6.07 Å². The average molecular weight is 246 g/mol. The molecular weight excluding hydrogens is 228 g/mol. The summed E-state index contributed by atoms with van der Waals surface area (Å²) in [6.07, 6.45) is 5.45. The second-order valence-corrected chi connectivity index (χ2v) is 4.77. The molecule has 0 aromatic carbocycles. The first-order chi connectivity index (χ1) is 8.70. The third-order valence-corrected chi connectivity index (χ3v) is 3.45. The number of pyridine rings is 1. The monoisotopic (exact) mass is 246 g/mol. The predicted octanol–water partition coefficient (Wildman–Crippen LogP) is 1.50. The zero-order valence-electron chi connectivity index (χ0n) is 10.3. The molecule has 1 aliphatic rings. The van der Waals surface area contributed by atoms with Crippen molar-refractivity contribution >= 4 is 11.5 Å². The maximum atomic E-state index is 9.86. The van der Waals surface area contributed by atoms with E-state index in [9.17, 15) is 5.11 Å². The first-order valence-electron chi connectivity index (χ1n) is 6.28. The van der Waals surface area contributed by atoms with Gasteiger partial charge < -0.3 is 16.2 Å². The van der Waals surface area contributed by atoms with E-state index in [1.807, 2.05) is 6.07 Å². The third-order valence-electron chi connectivity index (χ3n) is 3.45. The summed E-state index contributed by atoms with van der Waals surface area (Å²) in [4.78, 5) is 4.12. The highest BCUT2D eigenvalue weighted by Gasteiger charge is 2.22. The summed E-state index contributed by atoms with van der Waals surface area (Å²) in [7, 11) is 0. The highest BCUT2D eigenvalue weighted by atomic mass is 16.3. The Balaban J connectivity index is 1.95. The lowest BCUT2D eigenvalue weighted by Gasteiger charge is -2.27. The molecule has 1 saturated carbocycles. The third kappa shape index (κ3) is 2.90. The van der Waals surface area contributed by atoms with Crippen molar-refractivity contribution in [2.45, 2.75) is 31.8 Å². The van der Waals surface area contributed by atoms with Gasteiger partial charge in [0.2, 0.25) is 0 Å². The normalized spacial score (nSPS) is 23.3. The molecule has 1 aliphatic carbocycles. The smallest absolute Gasteiger partial charge is 0.149 e. The molecule has 2 rings (SSSR count). The Bertz CT molecular complexity index is 455. The average Bonchev–Trinajstić information content (AvgIpc) is 2.39. The zero-order valence-corrected chi connectivity index (χ0v) is 10.3. The zero-order chi connectivity index (χ0) is 13.0. The molecule has 0 bridgehead atoms. The Morgan fingerprint density at radius 3 is 2.94 bits per heavy atom. The molecule has 96 valence electrons. The van der Waals surface area contributed by atoms with Crippen LogP contribution in [0.4, 0.5) is 11.5 Å². The molecule has 0 saturated heterocycles. The number of nitrogen functional groups attached to an aromatic ring is 1. The molecule has 1 fully saturated rings. The first-order valence-corrected chi connectivity index (χ1v) is 6.28. The van der Waals surface area contributed by atoms with Crippen LogP contribution in [0.1, 0.15) is 31.2 Å². The van der Waals surface area contributed by atoms with E-state index in [-0.39, 0.29) is 12.0 Å². The first kappa shape index (κ1) is 12.7. The Hall–Kier alpha value is -1.80. The standard InChI is InChI=1S/C13H18N4O/c14-6-9-5-11(15)13(16-7-9)17-8-10-3-1-2-4-12(10)18/h5,7,10,12,18H,1-4,8,15H2,(H,16,17). The molecule has 1 aromatic rings. The molecule has 5 nitrogen and oxygen atoms in total. The fraction of sp³-hybridized carbons (Fsp3) is 0.538. The van der Waals surface area contributed by atoms with Crippen molar-refractivity contribution in [2.24, 2.45) is 5.92 Å². The molecule has 4 N–H and O–H groups in total. The number of rotatable bonds is 3. The van der Waals surface area contributed by atoms with Gasteiger partial charge >= 0.3 is 0 Å². The number of nitrogens with two attached hydrogens (primary N) is 1. The topological polar surface area (TPSA) is 95.0 Å². The molecule has 0 spiro atoms. The highest BCUT2D eigenvalue weighted by molar-refractivity contribution is 5.63. The Kier molecular flexibility index (Phi) is 4.00. The SMILES string of the molecule is N#Cc1cnc(NCC2CCCCC2O)c(N)c1. The van der Waals surface area contributed by atoms with Gasteiger partial charge in [0.25, 0.3) is 0 Å². The van der Waals surface area contributed by atoms with Gasteiger partial charge in [0.05, 0.1) is 17.4 Å². The van der Waals surface area contributed by atoms with Gasteiger partial charge in [-0.1, -0.05) is 12.8 Å². The van der Waals surface area contributed by atoms with Gasteiger partial charge in [-0.25, -0.2) is 4.98 Å². The van der Waals surface area contributed by atoms with Gasteiger partial charge in [0, 0.05) is 18.7 Å². The summed E-state index contributed by atoms with van der Waals surface area (Å²) in [5.41, 5.74) is 6.73. The molecule has 18 heavy (non-hydrogen) atoms. The molecule has 0 amide bonds. The van der Waals surface area contributed by atoms with Crippen molar-refractivity contribution in [3.05, 3.63) is 17.8 Å². The molecule has 0 radical (unpaired) electrons. The summed E-state index contributed by atoms with van der Waals surface area (Å²) in [6.45, 7) is 0.671. The van der Waals surface area contributed by atoms with Crippen LogP contribution < -0.4 is 11.1 Å². The van der Waals surface area contributed by atoms with Crippen LogP contribution in [-0.2, 0) is 0 Å². The van der Waals surface area contributed by atoms with Gasteiger partial charge in [-0.05, 0) is 18.9 Å². The van der Waals surface area contributed by atoms with Crippen LogP contribution in [-0.4, -0.2) is 22.7 Å². The van der Waals surface area contributed by atoms with Crippen molar-refractivity contribution in [1.29, 1.82) is 5.26 Å². The van der Waals surface area contributed by atoms with Gasteiger partial charge in [-0.15, -0.1) is 0 Å². The lowest BCUT2D eigenvalue weighted by molar-refractivity contribution is 0.0763. The number of nitrogens with one attached hydrogen (secondary N) is 1. The Labute approximate surface area is 107 Å².